The largest absolute Gasteiger partial charge is 0.480 e. The molecule has 0 aromatic rings. The molecule has 0 spiro atoms. The molecule has 0 aromatic carbocycles. The standard InChI is InChI=1S/C10H15NO7S/c12-8(13)5-11(6-9(14)15)10(16)7-3-1-2-4-19(7,17)18/h7H,1-6H2,(H,12,13)(H,14,15). The topological polar surface area (TPSA) is 129 Å². The molecule has 1 unspecified atom stereocenters. The summed E-state index contributed by atoms with van der Waals surface area (Å²) in [6.07, 6.45) is 1.12. The van der Waals surface area contributed by atoms with Crippen LogP contribution >= 0.6 is 0 Å². The van der Waals surface area contributed by atoms with Crippen LogP contribution in [0.25, 0.3) is 0 Å². The van der Waals surface area contributed by atoms with E-state index in [1.807, 2.05) is 0 Å². The van der Waals surface area contributed by atoms with Crippen molar-refractivity contribution in [2.75, 3.05) is 18.8 Å². The molecule has 8 nitrogen and oxygen atoms in total. The van der Waals surface area contributed by atoms with Gasteiger partial charge in [0.05, 0.1) is 5.75 Å². The minimum absolute atomic E-state index is 0.108. The van der Waals surface area contributed by atoms with Crippen molar-refractivity contribution in [3.63, 3.8) is 0 Å². The molecule has 9 heteroatoms. The Morgan fingerprint density at radius 2 is 1.58 bits per heavy atom. The average Bonchev–Trinajstić information content (AvgIpc) is 2.25. The second-order valence-electron chi connectivity index (χ2n) is 4.33. The summed E-state index contributed by atoms with van der Waals surface area (Å²) >= 11 is 0. The van der Waals surface area contributed by atoms with Crippen LogP contribution < -0.4 is 0 Å². The first-order valence-electron chi connectivity index (χ1n) is 5.68. The predicted molar refractivity (Wildman–Crippen MR) is 63.3 cm³/mol. The number of hydrogen-bond acceptors (Lipinski definition) is 5. The maximum Gasteiger partial charge on any atom is 0.323 e. The zero-order valence-corrected chi connectivity index (χ0v) is 10.9. The van der Waals surface area contributed by atoms with Crippen molar-refractivity contribution in [3.8, 4) is 0 Å². The van der Waals surface area contributed by atoms with Crippen molar-refractivity contribution in [3.05, 3.63) is 0 Å². The lowest BCUT2D eigenvalue weighted by Gasteiger charge is -2.27. The summed E-state index contributed by atoms with van der Waals surface area (Å²) in [4.78, 5) is 33.8. The van der Waals surface area contributed by atoms with Gasteiger partial charge >= 0.3 is 11.9 Å². The molecule has 1 atom stereocenters. The van der Waals surface area contributed by atoms with E-state index in [9.17, 15) is 22.8 Å². The van der Waals surface area contributed by atoms with Gasteiger partial charge in [0.2, 0.25) is 5.91 Å². The zero-order chi connectivity index (χ0) is 14.6. The van der Waals surface area contributed by atoms with E-state index in [-0.39, 0.29) is 12.2 Å². The minimum Gasteiger partial charge on any atom is -0.480 e. The van der Waals surface area contributed by atoms with Gasteiger partial charge in [-0.2, -0.15) is 0 Å². The number of carboxylic acid groups (broad SMARTS) is 2. The average molecular weight is 293 g/mol. The van der Waals surface area contributed by atoms with Crippen LogP contribution in [0, 0.1) is 0 Å². The van der Waals surface area contributed by atoms with Gasteiger partial charge in [-0.1, -0.05) is 6.42 Å². The molecular weight excluding hydrogens is 278 g/mol. The zero-order valence-electron chi connectivity index (χ0n) is 10.1. The highest BCUT2D eigenvalue weighted by Crippen LogP contribution is 2.21. The number of carbonyl (C=O) groups excluding carboxylic acids is 1. The number of nitrogens with zero attached hydrogens (tertiary/aromatic N) is 1. The normalized spacial score (nSPS) is 21.6. The SMILES string of the molecule is O=C(O)CN(CC(=O)O)C(=O)C1CCCCS1(=O)=O. The molecule has 1 saturated heterocycles. The molecule has 0 aliphatic carbocycles. The van der Waals surface area contributed by atoms with E-state index in [1.165, 1.54) is 0 Å². The van der Waals surface area contributed by atoms with Gasteiger partial charge in [-0.3, -0.25) is 14.4 Å². The number of hydrogen-bond donors (Lipinski definition) is 2. The molecule has 1 rings (SSSR count). The lowest BCUT2D eigenvalue weighted by Crippen LogP contribution is -2.48. The van der Waals surface area contributed by atoms with Gasteiger partial charge in [-0.25, -0.2) is 8.42 Å². The molecule has 0 radical (unpaired) electrons. The molecule has 0 bridgehead atoms. The van der Waals surface area contributed by atoms with Gasteiger partial charge in [-0.15, -0.1) is 0 Å². The Labute approximate surface area is 109 Å². The van der Waals surface area contributed by atoms with Crippen LogP contribution in [0.15, 0.2) is 0 Å². The maximum atomic E-state index is 12.0. The highest BCUT2D eigenvalue weighted by molar-refractivity contribution is 7.92. The van der Waals surface area contributed by atoms with Gasteiger partial charge in [0.25, 0.3) is 0 Å². The molecule has 1 amide bonds. The molecular formula is C10H15NO7S. The molecule has 0 aromatic heterocycles. The summed E-state index contributed by atoms with van der Waals surface area (Å²) in [5.74, 6) is -3.84. The Morgan fingerprint density at radius 1 is 1.05 bits per heavy atom. The second kappa shape index (κ2) is 6.00. The van der Waals surface area contributed by atoms with Crippen LogP contribution in [0.5, 0.6) is 0 Å². The van der Waals surface area contributed by atoms with Gasteiger partial charge in [0.15, 0.2) is 9.84 Å². The van der Waals surface area contributed by atoms with Crippen LogP contribution in [0.3, 0.4) is 0 Å². The van der Waals surface area contributed by atoms with Gasteiger partial charge in [-0.05, 0) is 12.8 Å². The summed E-state index contributed by atoms with van der Waals surface area (Å²) in [5.41, 5.74) is 0. The third kappa shape index (κ3) is 4.19. The number of rotatable bonds is 5. The molecule has 1 aliphatic rings. The van der Waals surface area contributed by atoms with Gasteiger partial charge in [0, 0.05) is 0 Å². The summed E-state index contributed by atoms with van der Waals surface area (Å²) in [7, 11) is -3.62. The van der Waals surface area contributed by atoms with Crippen molar-refractivity contribution in [1.29, 1.82) is 0 Å². The number of aliphatic carboxylic acids is 2. The summed E-state index contributed by atoms with van der Waals surface area (Å²) in [6.45, 7) is -1.64. The maximum absolute atomic E-state index is 12.0. The van der Waals surface area contributed by atoms with E-state index in [4.69, 9.17) is 10.2 Å². The molecule has 1 fully saturated rings. The predicted octanol–water partition coefficient (Wildman–Crippen LogP) is -1.05. The van der Waals surface area contributed by atoms with E-state index in [2.05, 4.69) is 0 Å². The van der Waals surface area contributed by atoms with Crippen LogP contribution in [0.2, 0.25) is 0 Å². The molecule has 2 N–H and O–H groups in total. The van der Waals surface area contributed by atoms with E-state index >= 15 is 0 Å². The Bertz CT molecular complexity index is 468. The molecule has 1 heterocycles. The third-order valence-electron chi connectivity index (χ3n) is 2.82. The van der Waals surface area contributed by atoms with Crippen LogP contribution in [0.1, 0.15) is 19.3 Å². The second-order valence-corrected chi connectivity index (χ2v) is 6.64. The first-order valence-corrected chi connectivity index (χ1v) is 7.39. The Morgan fingerprint density at radius 3 is 2.00 bits per heavy atom. The quantitative estimate of drug-likeness (QED) is 0.661. The highest BCUT2D eigenvalue weighted by atomic mass is 32.2. The lowest BCUT2D eigenvalue weighted by atomic mass is 10.1. The van der Waals surface area contributed by atoms with Crippen molar-refractivity contribution in [1.82, 2.24) is 4.90 Å². The van der Waals surface area contributed by atoms with Crippen molar-refractivity contribution in [2.45, 2.75) is 24.5 Å². The monoisotopic (exact) mass is 293 g/mol. The fraction of sp³-hybridized carbons (Fsp3) is 0.700. The van der Waals surface area contributed by atoms with E-state index < -0.39 is 46.0 Å². The Balaban J connectivity index is 2.91. The molecule has 108 valence electrons. The highest BCUT2D eigenvalue weighted by Gasteiger charge is 2.38. The summed E-state index contributed by atoms with van der Waals surface area (Å²) < 4.78 is 23.5. The lowest BCUT2D eigenvalue weighted by molar-refractivity contribution is -0.149. The molecule has 1 aliphatic heterocycles. The summed E-state index contributed by atoms with van der Waals surface area (Å²) in [5, 5.41) is 16.0. The van der Waals surface area contributed by atoms with Crippen molar-refractivity contribution < 1.29 is 33.0 Å². The molecule has 19 heavy (non-hydrogen) atoms. The number of carboxylic acids is 2. The number of carbonyl (C=O) groups is 3. The van der Waals surface area contributed by atoms with Crippen molar-refractivity contribution >= 4 is 27.7 Å². The minimum atomic E-state index is -3.62. The number of amides is 1. The van der Waals surface area contributed by atoms with E-state index in [0.717, 1.165) is 0 Å². The first kappa shape index (κ1) is 15.4. The number of sulfone groups is 1. The van der Waals surface area contributed by atoms with E-state index in [1.54, 1.807) is 0 Å². The van der Waals surface area contributed by atoms with Crippen LogP contribution in [-0.4, -0.2) is 65.5 Å². The van der Waals surface area contributed by atoms with Gasteiger partial charge < -0.3 is 15.1 Å². The third-order valence-corrected chi connectivity index (χ3v) is 4.98. The van der Waals surface area contributed by atoms with Crippen LogP contribution in [0.4, 0.5) is 0 Å². The smallest absolute Gasteiger partial charge is 0.323 e. The first-order chi connectivity index (χ1) is 8.74. The van der Waals surface area contributed by atoms with Crippen molar-refractivity contribution in [2.24, 2.45) is 0 Å². The summed E-state index contributed by atoms with van der Waals surface area (Å²) in [6, 6.07) is 0. The Kier molecular flexibility index (Phi) is 4.87. The van der Waals surface area contributed by atoms with E-state index in [0.29, 0.717) is 17.7 Å². The molecule has 0 saturated carbocycles. The Hall–Kier alpha value is -1.64. The fourth-order valence-electron chi connectivity index (χ4n) is 1.97. The fourth-order valence-corrected chi connectivity index (χ4v) is 3.85. The van der Waals surface area contributed by atoms with Crippen LogP contribution in [-0.2, 0) is 24.2 Å². The van der Waals surface area contributed by atoms with Gasteiger partial charge in [0.1, 0.15) is 18.3 Å².